The Kier molecular flexibility index (Phi) is 8.55. The molecule has 0 saturated carbocycles. The van der Waals surface area contributed by atoms with Gasteiger partial charge >= 0.3 is 6.09 Å². The number of carbonyl (C=O) groups is 3. The molecule has 2 heterocycles. The number of nitrogens with zero attached hydrogens (tertiary/aromatic N) is 2. The van der Waals surface area contributed by atoms with Crippen molar-refractivity contribution in [3.63, 3.8) is 0 Å². The second kappa shape index (κ2) is 12.4. The molecule has 8 heteroatoms. The number of carbonyl (C=O) groups excluding carboxylic acids is 3. The van der Waals surface area contributed by atoms with Crippen molar-refractivity contribution in [3.8, 4) is 0 Å². The van der Waals surface area contributed by atoms with E-state index in [2.05, 4.69) is 24.4 Å². The van der Waals surface area contributed by atoms with E-state index < -0.39 is 0 Å². The fourth-order valence-corrected chi connectivity index (χ4v) is 6.04. The van der Waals surface area contributed by atoms with Crippen LogP contribution < -0.4 is 10.2 Å². The first-order valence-corrected chi connectivity index (χ1v) is 14.4. The van der Waals surface area contributed by atoms with Gasteiger partial charge in [0.05, 0.1) is 23.7 Å². The van der Waals surface area contributed by atoms with Gasteiger partial charge in [-0.15, -0.1) is 0 Å². The van der Waals surface area contributed by atoms with Crippen LogP contribution in [0.5, 0.6) is 0 Å². The maximum Gasteiger partial charge on any atom is 0.409 e. The molecule has 1 fully saturated rings. The number of piperidine rings is 1. The predicted octanol–water partition coefficient (Wildman–Crippen LogP) is 6.03. The molecular formula is C32H33N3O4S. The highest BCUT2D eigenvalue weighted by Gasteiger charge is 2.29. The van der Waals surface area contributed by atoms with Gasteiger partial charge in [-0.2, -0.15) is 0 Å². The molecule has 1 saturated heterocycles. The van der Waals surface area contributed by atoms with Crippen LogP contribution in [-0.4, -0.2) is 48.5 Å². The standard InChI is InChI=1S/C32H33N3O4S/c1-3-39-32(38)34-17-15-26(16-18-34)33-30(36)25-13-11-23(12-14-25)20-29-31(37)35(21-24-8-6-7-22(2)19-24)27-9-4-5-10-28(27)40-29/h4-14,19-20,26H,3,15-18,21H2,1-2H3,(H,33,36). The van der Waals surface area contributed by atoms with Gasteiger partial charge in [-0.3, -0.25) is 9.59 Å². The van der Waals surface area contributed by atoms with E-state index in [9.17, 15) is 14.4 Å². The van der Waals surface area contributed by atoms with Gasteiger partial charge in [0, 0.05) is 29.6 Å². The van der Waals surface area contributed by atoms with E-state index in [0.29, 0.717) is 49.6 Å². The van der Waals surface area contributed by atoms with E-state index >= 15 is 0 Å². The van der Waals surface area contributed by atoms with Crippen molar-refractivity contribution >= 4 is 41.4 Å². The number of hydrogen-bond acceptors (Lipinski definition) is 5. The second-order valence-electron chi connectivity index (χ2n) is 10.0. The molecule has 1 N–H and O–H groups in total. The van der Waals surface area contributed by atoms with E-state index in [0.717, 1.165) is 27.3 Å². The van der Waals surface area contributed by atoms with Gasteiger partial charge in [0.1, 0.15) is 0 Å². The van der Waals surface area contributed by atoms with Crippen molar-refractivity contribution < 1.29 is 19.1 Å². The molecule has 3 aromatic carbocycles. The van der Waals surface area contributed by atoms with E-state index in [1.807, 2.05) is 59.5 Å². The van der Waals surface area contributed by atoms with E-state index in [4.69, 9.17) is 4.74 Å². The van der Waals surface area contributed by atoms with Crippen molar-refractivity contribution in [2.24, 2.45) is 0 Å². The number of rotatable bonds is 6. The number of likely N-dealkylation sites (tertiary alicyclic amines) is 1. The van der Waals surface area contributed by atoms with Crippen LogP contribution in [-0.2, 0) is 16.1 Å². The average Bonchev–Trinajstić information content (AvgIpc) is 2.96. The summed E-state index contributed by atoms with van der Waals surface area (Å²) >= 11 is 1.47. The minimum Gasteiger partial charge on any atom is -0.450 e. The SMILES string of the molecule is CCOC(=O)N1CCC(NC(=O)c2ccc(C=C3Sc4ccccc4N(Cc4cccc(C)c4)C3=O)cc2)CC1. The lowest BCUT2D eigenvalue weighted by molar-refractivity contribution is -0.114. The Morgan fingerprint density at radius 3 is 2.50 bits per heavy atom. The van der Waals surface area contributed by atoms with E-state index in [1.165, 1.54) is 11.8 Å². The number of thioether (sulfide) groups is 1. The van der Waals surface area contributed by atoms with Crippen molar-refractivity contribution in [2.75, 3.05) is 24.6 Å². The van der Waals surface area contributed by atoms with Gasteiger partial charge in [0.25, 0.3) is 11.8 Å². The summed E-state index contributed by atoms with van der Waals surface area (Å²) in [6.07, 6.45) is 2.97. The van der Waals surface area contributed by atoms with Crippen molar-refractivity contribution in [1.29, 1.82) is 0 Å². The molecule has 206 valence electrons. The highest BCUT2D eigenvalue weighted by atomic mass is 32.2. The maximum atomic E-state index is 13.6. The number of ether oxygens (including phenoxy) is 1. The summed E-state index contributed by atoms with van der Waals surface area (Å²) in [5.74, 6) is -0.184. The number of aryl methyl sites for hydroxylation is 1. The molecule has 0 aromatic heterocycles. The second-order valence-corrected chi connectivity index (χ2v) is 11.1. The van der Waals surface area contributed by atoms with E-state index in [-0.39, 0.29) is 23.9 Å². The Hall–Kier alpha value is -4.04. The van der Waals surface area contributed by atoms with Crippen molar-refractivity contribution in [3.05, 3.63) is 100.0 Å². The van der Waals surface area contributed by atoms with Gasteiger partial charge in [0.2, 0.25) is 0 Å². The largest absolute Gasteiger partial charge is 0.450 e. The molecule has 5 rings (SSSR count). The van der Waals surface area contributed by atoms with Crippen molar-refractivity contribution in [2.45, 2.75) is 44.2 Å². The highest BCUT2D eigenvalue weighted by Crippen LogP contribution is 2.42. The third kappa shape index (κ3) is 6.39. The van der Waals surface area contributed by atoms with Gasteiger partial charge in [-0.1, -0.05) is 65.9 Å². The maximum absolute atomic E-state index is 13.6. The zero-order valence-corrected chi connectivity index (χ0v) is 23.6. The third-order valence-corrected chi connectivity index (χ3v) is 8.16. The van der Waals surface area contributed by atoms with Crippen LogP contribution in [0.4, 0.5) is 10.5 Å². The number of benzene rings is 3. The van der Waals surface area contributed by atoms with Crippen LogP contribution in [0.1, 0.15) is 46.8 Å². The van der Waals surface area contributed by atoms with Crippen LogP contribution in [0.25, 0.3) is 6.08 Å². The summed E-state index contributed by atoms with van der Waals surface area (Å²) in [7, 11) is 0. The van der Waals surface area contributed by atoms with Crippen LogP contribution in [0.15, 0.2) is 82.6 Å². The summed E-state index contributed by atoms with van der Waals surface area (Å²) < 4.78 is 5.06. The molecule has 3 amide bonds. The molecule has 7 nitrogen and oxygen atoms in total. The lowest BCUT2D eigenvalue weighted by Gasteiger charge is -2.31. The average molecular weight is 556 g/mol. The summed E-state index contributed by atoms with van der Waals surface area (Å²) in [4.78, 5) is 43.6. The summed E-state index contributed by atoms with van der Waals surface area (Å²) in [6.45, 7) is 5.81. The van der Waals surface area contributed by atoms with E-state index in [1.54, 1.807) is 24.0 Å². The molecule has 0 radical (unpaired) electrons. The topological polar surface area (TPSA) is 79.0 Å². The summed E-state index contributed by atoms with van der Waals surface area (Å²) in [5, 5.41) is 3.08. The molecule has 0 atom stereocenters. The van der Waals surface area contributed by atoms with Gasteiger partial charge < -0.3 is 19.9 Å². The Balaban J connectivity index is 1.26. The number of amides is 3. The predicted molar refractivity (Wildman–Crippen MR) is 158 cm³/mol. The monoisotopic (exact) mass is 555 g/mol. The van der Waals surface area contributed by atoms with Crippen LogP contribution in [0.3, 0.4) is 0 Å². The number of nitrogens with one attached hydrogen (secondary N) is 1. The number of fused-ring (bicyclic) bond motifs is 1. The summed E-state index contributed by atoms with van der Waals surface area (Å²) in [5.41, 5.74) is 4.56. The smallest absolute Gasteiger partial charge is 0.409 e. The van der Waals surface area contributed by atoms with Gasteiger partial charge in [0.15, 0.2) is 0 Å². The molecule has 40 heavy (non-hydrogen) atoms. The zero-order valence-electron chi connectivity index (χ0n) is 22.8. The molecule has 2 aliphatic rings. The Morgan fingerprint density at radius 1 is 1.02 bits per heavy atom. The third-order valence-electron chi connectivity index (χ3n) is 7.08. The fraction of sp³-hybridized carbons (Fsp3) is 0.281. The first-order chi connectivity index (χ1) is 19.4. The molecule has 0 spiro atoms. The zero-order chi connectivity index (χ0) is 28.1. The Morgan fingerprint density at radius 2 is 1.77 bits per heavy atom. The molecule has 0 aliphatic carbocycles. The Labute approximate surface area is 239 Å². The first-order valence-electron chi connectivity index (χ1n) is 13.6. The normalized spacial score (nSPS) is 16.6. The van der Waals surface area contributed by atoms with Gasteiger partial charge in [-0.25, -0.2) is 4.79 Å². The lowest BCUT2D eigenvalue weighted by Crippen LogP contribution is -2.46. The number of anilines is 1. The van der Waals surface area contributed by atoms with Crippen LogP contribution in [0, 0.1) is 6.92 Å². The highest BCUT2D eigenvalue weighted by molar-refractivity contribution is 8.04. The van der Waals surface area contributed by atoms with Crippen LogP contribution >= 0.6 is 11.8 Å². The van der Waals surface area contributed by atoms with Crippen LogP contribution in [0.2, 0.25) is 0 Å². The Bertz CT molecular complexity index is 1430. The minimum atomic E-state index is -0.298. The molecule has 0 unspecified atom stereocenters. The van der Waals surface area contributed by atoms with Gasteiger partial charge in [-0.05, 0) is 68.2 Å². The molecule has 0 bridgehead atoms. The fourth-order valence-electron chi connectivity index (χ4n) is 4.98. The number of hydrogen-bond donors (Lipinski definition) is 1. The molecule has 2 aliphatic heterocycles. The first kappa shape index (κ1) is 27.5. The quantitative estimate of drug-likeness (QED) is 0.376. The van der Waals surface area contributed by atoms with Crippen molar-refractivity contribution in [1.82, 2.24) is 10.2 Å². The summed E-state index contributed by atoms with van der Waals surface area (Å²) in [6, 6.07) is 23.5. The minimum absolute atomic E-state index is 0.00989. The number of para-hydroxylation sites is 1. The molecule has 3 aromatic rings. The molecular weight excluding hydrogens is 522 g/mol. The lowest BCUT2D eigenvalue weighted by atomic mass is 10.0.